The lowest BCUT2D eigenvalue weighted by atomic mass is 9.70. The minimum Gasteiger partial charge on any atom is -0.455 e. The molecule has 0 aliphatic heterocycles. The minimum absolute atomic E-state index is 0.426. The molecule has 3 nitrogen and oxygen atoms in total. The molecule has 0 amide bonds. The zero-order valence-corrected chi connectivity index (χ0v) is 39.1. The van der Waals surface area contributed by atoms with Gasteiger partial charge in [0.25, 0.3) is 0 Å². The summed E-state index contributed by atoms with van der Waals surface area (Å²) < 4.78 is 6.64. The van der Waals surface area contributed by atoms with Gasteiger partial charge in [-0.05, 0) is 138 Å². The molecule has 0 saturated heterocycles. The number of fused-ring (bicyclic) bond motifs is 15. The van der Waals surface area contributed by atoms with Crippen LogP contribution in [-0.4, -0.2) is 9.97 Å². The second kappa shape index (κ2) is 15.8. The Morgan fingerprint density at radius 3 is 1.47 bits per heavy atom. The molecule has 72 heavy (non-hydrogen) atoms. The quantitative estimate of drug-likeness (QED) is 0.167. The van der Waals surface area contributed by atoms with E-state index in [9.17, 15) is 0 Å². The van der Waals surface area contributed by atoms with Crippen molar-refractivity contribution in [3.8, 4) is 89.5 Å². The molecule has 334 valence electrons. The van der Waals surface area contributed by atoms with Gasteiger partial charge in [-0.1, -0.05) is 200 Å². The van der Waals surface area contributed by atoms with Crippen LogP contribution in [0.2, 0.25) is 0 Å². The van der Waals surface area contributed by atoms with Gasteiger partial charge in [0.15, 0.2) is 5.82 Å². The summed E-state index contributed by atoms with van der Waals surface area (Å²) in [7, 11) is 0. The molecule has 2 heterocycles. The summed E-state index contributed by atoms with van der Waals surface area (Å²) in [4.78, 5) is 10.6. The Labute approximate surface area is 417 Å². The van der Waals surface area contributed by atoms with Gasteiger partial charge in [-0.25, -0.2) is 9.97 Å². The van der Waals surface area contributed by atoms with Crippen molar-refractivity contribution < 1.29 is 4.42 Å². The average Bonchev–Trinajstić information content (AvgIpc) is 4.10. The molecule has 1 spiro atoms. The second-order valence-corrected chi connectivity index (χ2v) is 19.2. The van der Waals surface area contributed by atoms with Crippen molar-refractivity contribution in [1.82, 2.24) is 9.97 Å². The van der Waals surface area contributed by atoms with Gasteiger partial charge in [0.05, 0.1) is 16.8 Å². The predicted octanol–water partition coefficient (Wildman–Crippen LogP) is 17.9. The molecule has 2 aromatic heterocycles. The van der Waals surface area contributed by atoms with Gasteiger partial charge < -0.3 is 4.42 Å². The summed E-state index contributed by atoms with van der Waals surface area (Å²) in [5.41, 5.74) is 23.4. The Hall–Kier alpha value is -9.44. The van der Waals surface area contributed by atoms with Gasteiger partial charge in [-0.15, -0.1) is 0 Å². The lowest BCUT2D eigenvalue weighted by Crippen LogP contribution is -2.25. The molecule has 13 aromatic rings. The van der Waals surface area contributed by atoms with Crippen LogP contribution in [0.5, 0.6) is 0 Å². The highest BCUT2D eigenvalue weighted by Gasteiger charge is 2.51. The third kappa shape index (κ3) is 6.11. The lowest BCUT2D eigenvalue weighted by Gasteiger charge is -2.30. The first-order valence-corrected chi connectivity index (χ1v) is 24.7. The topological polar surface area (TPSA) is 38.9 Å². The summed E-state index contributed by atoms with van der Waals surface area (Å²) in [5, 5.41) is 4.43. The van der Waals surface area contributed by atoms with Crippen molar-refractivity contribution in [1.29, 1.82) is 0 Å². The van der Waals surface area contributed by atoms with Gasteiger partial charge in [-0.2, -0.15) is 0 Å². The molecule has 0 unspecified atom stereocenters. The molecule has 2 aliphatic rings. The lowest BCUT2D eigenvalue weighted by molar-refractivity contribution is 0.673. The first-order valence-electron chi connectivity index (χ1n) is 24.7. The molecule has 0 radical (unpaired) electrons. The normalized spacial score (nSPS) is 12.8. The Morgan fingerprint density at radius 2 is 0.778 bits per heavy atom. The molecular formula is C69H42N2O. The third-order valence-electron chi connectivity index (χ3n) is 15.3. The van der Waals surface area contributed by atoms with E-state index in [2.05, 4.69) is 249 Å². The molecule has 11 aromatic carbocycles. The van der Waals surface area contributed by atoms with Gasteiger partial charge in [0, 0.05) is 32.8 Å². The molecular weight excluding hydrogens is 873 g/mol. The van der Waals surface area contributed by atoms with Crippen LogP contribution >= 0.6 is 0 Å². The predicted molar refractivity (Wildman–Crippen MR) is 296 cm³/mol. The van der Waals surface area contributed by atoms with Crippen molar-refractivity contribution >= 4 is 32.7 Å². The smallest absolute Gasteiger partial charge is 0.160 e. The van der Waals surface area contributed by atoms with E-state index in [1.165, 1.54) is 55.6 Å². The highest BCUT2D eigenvalue weighted by atomic mass is 16.3. The maximum atomic E-state index is 6.64. The first kappa shape index (κ1) is 40.4. The molecule has 0 N–H and O–H groups in total. The fraction of sp³-hybridized carbons (Fsp3) is 0.0145. The fourth-order valence-electron chi connectivity index (χ4n) is 12.0. The summed E-state index contributed by atoms with van der Waals surface area (Å²) in [6.07, 6.45) is 0. The maximum Gasteiger partial charge on any atom is 0.160 e. The Bertz CT molecular complexity index is 4270. The number of hydrogen-bond acceptors (Lipinski definition) is 3. The monoisotopic (exact) mass is 914 g/mol. The van der Waals surface area contributed by atoms with E-state index in [4.69, 9.17) is 14.4 Å². The van der Waals surface area contributed by atoms with E-state index in [1.54, 1.807) is 0 Å². The number of hydrogen-bond donors (Lipinski definition) is 0. The number of furan rings is 1. The number of nitrogens with zero attached hydrogens (tertiary/aromatic N) is 2. The fourth-order valence-corrected chi connectivity index (χ4v) is 12.0. The van der Waals surface area contributed by atoms with E-state index in [0.717, 1.165) is 83.0 Å². The van der Waals surface area contributed by atoms with Crippen LogP contribution < -0.4 is 0 Å². The standard InChI is InChI=1S/C69H42N2O/c1-3-16-43(17-4-1)50-37-51(39-52(38-50)47-31-33-57-56-26-11-14-29-62(56)69(63(57)40-47)60-27-12-9-24-54(60)55-25-10-13-28-61(55)69)46-21-15-22-48(36-46)65-42-64(45-19-5-2-6-20-45)70-68(71-65)49-32-34-58-59-35-30-44-18-7-8-23-53(44)67(59)72-66(58)41-49/h1-42H. The summed E-state index contributed by atoms with van der Waals surface area (Å²) in [6.45, 7) is 0. The molecule has 0 fully saturated rings. The minimum atomic E-state index is -0.426. The van der Waals surface area contributed by atoms with Crippen molar-refractivity contribution in [2.24, 2.45) is 0 Å². The van der Waals surface area contributed by atoms with Crippen LogP contribution in [0.1, 0.15) is 22.3 Å². The molecule has 0 atom stereocenters. The van der Waals surface area contributed by atoms with Crippen LogP contribution in [0.15, 0.2) is 259 Å². The molecule has 0 bridgehead atoms. The van der Waals surface area contributed by atoms with Crippen LogP contribution in [0.25, 0.3) is 122 Å². The van der Waals surface area contributed by atoms with Crippen LogP contribution in [0.3, 0.4) is 0 Å². The number of rotatable bonds is 6. The van der Waals surface area contributed by atoms with Gasteiger partial charge in [0.1, 0.15) is 11.2 Å². The van der Waals surface area contributed by atoms with Crippen molar-refractivity contribution in [3.63, 3.8) is 0 Å². The van der Waals surface area contributed by atoms with Gasteiger partial charge >= 0.3 is 0 Å². The number of aromatic nitrogens is 2. The molecule has 3 heteroatoms. The first-order chi connectivity index (χ1) is 35.7. The third-order valence-corrected chi connectivity index (χ3v) is 15.3. The highest BCUT2D eigenvalue weighted by molar-refractivity contribution is 6.15. The summed E-state index contributed by atoms with van der Waals surface area (Å²) in [5.74, 6) is 0.640. The zero-order valence-electron chi connectivity index (χ0n) is 39.1. The molecule has 0 saturated carbocycles. The summed E-state index contributed by atoms with van der Waals surface area (Å²) >= 11 is 0. The van der Waals surface area contributed by atoms with Crippen molar-refractivity contribution in [2.45, 2.75) is 5.41 Å². The van der Waals surface area contributed by atoms with E-state index in [-0.39, 0.29) is 0 Å². The Balaban J connectivity index is 0.880. The molecule has 2 aliphatic carbocycles. The Kier molecular flexibility index (Phi) is 8.87. The van der Waals surface area contributed by atoms with E-state index >= 15 is 0 Å². The maximum absolute atomic E-state index is 6.64. The van der Waals surface area contributed by atoms with Crippen LogP contribution in [-0.2, 0) is 5.41 Å². The molecule has 15 rings (SSSR count). The van der Waals surface area contributed by atoms with E-state index in [1.807, 2.05) is 6.07 Å². The average molecular weight is 915 g/mol. The van der Waals surface area contributed by atoms with Gasteiger partial charge in [0.2, 0.25) is 0 Å². The van der Waals surface area contributed by atoms with Gasteiger partial charge in [-0.3, -0.25) is 0 Å². The van der Waals surface area contributed by atoms with Crippen molar-refractivity contribution in [3.05, 3.63) is 277 Å². The largest absolute Gasteiger partial charge is 0.455 e. The van der Waals surface area contributed by atoms with E-state index < -0.39 is 5.41 Å². The zero-order chi connectivity index (χ0) is 47.3. The number of benzene rings is 11. The highest BCUT2D eigenvalue weighted by Crippen LogP contribution is 2.63. The van der Waals surface area contributed by atoms with E-state index in [0.29, 0.717) is 5.82 Å². The van der Waals surface area contributed by atoms with Crippen LogP contribution in [0.4, 0.5) is 0 Å². The second-order valence-electron chi connectivity index (χ2n) is 19.2. The van der Waals surface area contributed by atoms with Crippen LogP contribution in [0, 0.1) is 0 Å². The Morgan fingerprint density at radius 1 is 0.278 bits per heavy atom. The van der Waals surface area contributed by atoms with Crippen molar-refractivity contribution in [2.75, 3.05) is 0 Å². The summed E-state index contributed by atoms with van der Waals surface area (Å²) in [6, 6.07) is 92.4. The SMILES string of the molecule is c1ccc(-c2cc(-c3cccc(-c4cc(-c5ccccc5)nc(-c5ccc6c(c5)oc5c7ccccc7ccc65)n4)c3)cc(-c3ccc4c(c3)C3(c5ccccc5-c5ccccc53)c3ccccc3-4)c2)cc1.